The molecule has 0 saturated carbocycles. The fourth-order valence-corrected chi connectivity index (χ4v) is 2.38. The average molecular weight is 346 g/mol. The van der Waals surface area contributed by atoms with Gasteiger partial charge in [-0.2, -0.15) is 0 Å². The molecule has 0 bridgehead atoms. The van der Waals surface area contributed by atoms with Gasteiger partial charge in [0.2, 0.25) is 5.91 Å². The molecule has 0 radical (unpaired) electrons. The lowest BCUT2D eigenvalue weighted by molar-refractivity contribution is -0.116. The van der Waals surface area contributed by atoms with Crippen LogP contribution in [0.15, 0.2) is 48.5 Å². The summed E-state index contributed by atoms with van der Waals surface area (Å²) < 4.78 is 18.0. The van der Waals surface area contributed by atoms with E-state index in [1.807, 2.05) is 6.92 Å². The minimum Gasteiger partial charge on any atom is -0.497 e. The lowest BCUT2D eigenvalue weighted by atomic mass is 10.1. The molecule has 2 atom stereocenters. The molecule has 3 N–H and O–H groups in total. The monoisotopic (exact) mass is 346 g/mol. The minimum atomic E-state index is -0.760. The van der Waals surface area contributed by atoms with Crippen molar-refractivity contribution in [1.82, 2.24) is 5.32 Å². The Hall–Kier alpha value is -2.44. The van der Waals surface area contributed by atoms with E-state index < -0.39 is 6.10 Å². The summed E-state index contributed by atoms with van der Waals surface area (Å²) >= 11 is 0. The summed E-state index contributed by atoms with van der Waals surface area (Å²) in [6.45, 7) is 2.14. The summed E-state index contributed by atoms with van der Waals surface area (Å²) in [6.07, 6.45) is -0.502. The van der Waals surface area contributed by atoms with E-state index in [-0.39, 0.29) is 30.7 Å². The van der Waals surface area contributed by atoms with E-state index in [0.29, 0.717) is 17.0 Å². The van der Waals surface area contributed by atoms with Gasteiger partial charge in [-0.1, -0.05) is 18.2 Å². The number of hydrogen-bond acceptors (Lipinski definition) is 4. The van der Waals surface area contributed by atoms with E-state index in [2.05, 4.69) is 10.6 Å². The molecule has 5 nitrogen and oxygen atoms in total. The molecule has 0 saturated heterocycles. The third kappa shape index (κ3) is 6.17. The Morgan fingerprint density at radius 3 is 2.64 bits per heavy atom. The number of rotatable bonds is 8. The SMILES string of the molecule is COc1cccc(NC(=O)CC(C)NCC(O)c2ccc(F)cc2)c1. The number of aliphatic hydroxyl groups is 1. The van der Waals surface area contributed by atoms with E-state index >= 15 is 0 Å². The molecule has 134 valence electrons. The van der Waals surface area contributed by atoms with Crippen molar-refractivity contribution in [2.75, 3.05) is 19.0 Å². The molecule has 0 aliphatic rings. The second kappa shape index (κ2) is 9.15. The Kier molecular flexibility index (Phi) is 6.91. The number of methoxy groups -OCH3 is 1. The maximum Gasteiger partial charge on any atom is 0.225 e. The summed E-state index contributed by atoms with van der Waals surface area (Å²) in [5, 5.41) is 16.0. The van der Waals surface area contributed by atoms with E-state index in [0.717, 1.165) is 0 Å². The molecule has 0 aliphatic heterocycles. The Labute approximate surface area is 146 Å². The average Bonchev–Trinajstić information content (AvgIpc) is 2.60. The van der Waals surface area contributed by atoms with Crippen LogP contribution in [0.3, 0.4) is 0 Å². The fourth-order valence-electron chi connectivity index (χ4n) is 2.38. The normalized spacial score (nSPS) is 13.1. The summed E-state index contributed by atoms with van der Waals surface area (Å²) in [5.74, 6) is 0.197. The Bertz CT molecular complexity index is 691. The van der Waals surface area contributed by atoms with Crippen LogP contribution in [0.1, 0.15) is 25.0 Å². The molecule has 25 heavy (non-hydrogen) atoms. The van der Waals surface area contributed by atoms with Gasteiger partial charge < -0.3 is 20.5 Å². The first kappa shape index (κ1) is 18.9. The number of halogens is 1. The molecule has 6 heteroatoms. The van der Waals surface area contributed by atoms with Gasteiger partial charge in [0, 0.05) is 30.8 Å². The van der Waals surface area contributed by atoms with Crippen LogP contribution < -0.4 is 15.4 Å². The molecular formula is C19H23FN2O3. The van der Waals surface area contributed by atoms with Crippen molar-refractivity contribution >= 4 is 11.6 Å². The molecule has 0 aliphatic carbocycles. The van der Waals surface area contributed by atoms with E-state index in [9.17, 15) is 14.3 Å². The van der Waals surface area contributed by atoms with E-state index in [1.54, 1.807) is 43.5 Å². The molecule has 1 amide bonds. The molecule has 0 spiro atoms. The maximum atomic E-state index is 12.9. The van der Waals surface area contributed by atoms with Gasteiger partial charge in [0.25, 0.3) is 0 Å². The highest BCUT2D eigenvalue weighted by atomic mass is 19.1. The number of hydrogen-bond donors (Lipinski definition) is 3. The van der Waals surface area contributed by atoms with Crippen LogP contribution in [-0.4, -0.2) is 30.7 Å². The molecule has 2 aromatic rings. The van der Waals surface area contributed by atoms with Gasteiger partial charge in [0.1, 0.15) is 11.6 Å². The summed E-state index contributed by atoms with van der Waals surface area (Å²) in [5.41, 5.74) is 1.30. The standard InChI is InChI=1S/C19H23FN2O3/c1-13(21-12-18(23)14-6-8-15(20)9-7-14)10-19(24)22-16-4-3-5-17(11-16)25-2/h3-9,11,13,18,21,23H,10,12H2,1-2H3,(H,22,24). The summed E-state index contributed by atoms with van der Waals surface area (Å²) in [4.78, 5) is 12.1. The number of carbonyl (C=O) groups excluding carboxylic acids is 1. The van der Waals surface area contributed by atoms with E-state index in [4.69, 9.17) is 4.74 Å². The van der Waals surface area contributed by atoms with Crippen LogP contribution in [-0.2, 0) is 4.79 Å². The van der Waals surface area contributed by atoms with Crippen LogP contribution in [0.25, 0.3) is 0 Å². The van der Waals surface area contributed by atoms with Crippen molar-refractivity contribution < 1.29 is 19.0 Å². The molecular weight excluding hydrogens is 323 g/mol. The first-order valence-electron chi connectivity index (χ1n) is 8.08. The predicted molar refractivity (Wildman–Crippen MR) is 95.1 cm³/mol. The zero-order valence-corrected chi connectivity index (χ0v) is 14.3. The number of benzene rings is 2. The highest BCUT2D eigenvalue weighted by Gasteiger charge is 2.13. The Morgan fingerprint density at radius 1 is 1.24 bits per heavy atom. The highest BCUT2D eigenvalue weighted by molar-refractivity contribution is 5.91. The van der Waals surface area contributed by atoms with Crippen molar-refractivity contribution in [3.63, 3.8) is 0 Å². The number of ether oxygens (including phenoxy) is 1. The van der Waals surface area contributed by atoms with Crippen molar-refractivity contribution in [3.05, 3.63) is 59.9 Å². The van der Waals surface area contributed by atoms with Gasteiger partial charge in [-0.05, 0) is 36.8 Å². The fraction of sp³-hybridized carbons (Fsp3) is 0.316. The van der Waals surface area contributed by atoms with Crippen LogP contribution in [0.2, 0.25) is 0 Å². The van der Waals surface area contributed by atoms with Crippen molar-refractivity contribution in [2.24, 2.45) is 0 Å². The Balaban J connectivity index is 1.78. The van der Waals surface area contributed by atoms with Gasteiger partial charge in [0.15, 0.2) is 0 Å². The van der Waals surface area contributed by atoms with E-state index in [1.165, 1.54) is 12.1 Å². The van der Waals surface area contributed by atoms with Crippen molar-refractivity contribution in [1.29, 1.82) is 0 Å². The first-order valence-corrected chi connectivity index (χ1v) is 8.08. The summed E-state index contributed by atoms with van der Waals surface area (Å²) in [7, 11) is 1.57. The number of aliphatic hydroxyl groups excluding tert-OH is 1. The quantitative estimate of drug-likeness (QED) is 0.687. The van der Waals surface area contributed by atoms with Gasteiger partial charge in [-0.25, -0.2) is 4.39 Å². The van der Waals surface area contributed by atoms with Gasteiger partial charge in [-0.3, -0.25) is 4.79 Å². The van der Waals surface area contributed by atoms with Crippen LogP contribution in [0.5, 0.6) is 5.75 Å². The summed E-state index contributed by atoms with van der Waals surface area (Å²) in [6, 6.07) is 12.7. The number of carbonyl (C=O) groups is 1. The molecule has 0 heterocycles. The molecule has 2 rings (SSSR count). The second-order valence-corrected chi connectivity index (χ2v) is 5.86. The number of nitrogens with one attached hydrogen (secondary N) is 2. The smallest absolute Gasteiger partial charge is 0.225 e. The predicted octanol–water partition coefficient (Wildman–Crippen LogP) is 2.87. The third-order valence-corrected chi connectivity index (χ3v) is 3.76. The highest BCUT2D eigenvalue weighted by Crippen LogP contribution is 2.17. The van der Waals surface area contributed by atoms with Crippen molar-refractivity contribution in [2.45, 2.75) is 25.5 Å². The molecule has 0 aromatic heterocycles. The van der Waals surface area contributed by atoms with Crippen LogP contribution in [0, 0.1) is 5.82 Å². The van der Waals surface area contributed by atoms with Gasteiger partial charge in [-0.15, -0.1) is 0 Å². The molecule has 0 fully saturated rings. The first-order chi connectivity index (χ1) is 12.0. The zero-order valence-electron chi connectivity index (χ0n) is 14.3. The third-order valence-electron chi connectivity index (χ3n) is 3.76. The van der Waals surface area contributed by atoms with Crippen LogP contribution >= 0.6 is 0 Å². The lowest BCUT2D eigenvalue weighted by Gasteiger charge is -2.17. The molecule has 2 unspecified atom stereocenters. The van der Waals surface area contributed by atoms with Crippen LogP contribution in [0.4, 0.5) is 10.1 Å². The topological polar surface area (TPSA) is 70.6 Å². The second-order valence-electron chi connectivity index (χ2n) is 5.86. The maximum absolute atomic E-state index is 12.9. The number of anilines is 1. The minimum absolute atomic E-state index is 0.124. The van der Waals surface area contributed by atoms with Crippen molar-refractivity contribution in [3.8, 4) is 5.75 Å². The zero-order chi connectivity index (χ0) is 18.2. The largest absolute Gasteiger partial charge is 0.497 e. The number of amides is 1. The van der Waals surface area contributed by atoms with Gasteiger partial charge >= 0.3 is 0 Å². The van der Waals surface area contributed by atoms with Gasteiger partial charge in [0.05, 0.1) is 13.2 Å². The lowest BCUT2D eigenvalue weighted by Crippen LogP contribution is -2.33. The molecule has 2 aromatic carbocycles. The Morgan fingerprint density at radius 2 is 1.96 bits per heavy atom.